The molecule has 0 atom stereocenters. The Morgan fingerprint density at radius 2 is 1.75 bits per heavy atom. The Balaban J connectivity index is 1.63. The highest BCUT2D eigenvalue weighted by Crippen LogP contribution is 2.32. The zero-order valence-electron chi connectivity index (χ0n) is 15.5. The molecular weight excluding hydrogens is 378 g/mol. The predicted octanol–water partition coefficient (Wildman–Crippen LogP) is 3.78. The zero-order valence-corrected chi connectivity index (χ0v) is 16.3. The molecule has 1 aliphatic rings. The van der Waals surface area contributed by atoms with Gasteiger partial charge in [0, 0.05) is 0 Å². The van der Waals surface area contributed by atoms with Gasteiger partial charge in [-0.2, -0.15) is 0 Å². The van der Waals surface area contributed by atoms with Crippen molar-refractivity contribution in [2.24, 2.45) is 0 Å². The van der Waals surface area contributed by atoms with Gasteiger partial charge in [0.2, 0.25) is 0 Å². The maximum atomic E-state index is 12.3. The number of imide groups is 1. The van der Waals surface area contributed by atoms with Crippen molar-refractivity contribution in [2.45, 2.75) is 13.5 Å². The number of carbonyl (C=O) groups is 3. The van der Waals surface area contributed by atoms with Crippen molar-refractivity contribution in [1.29, 1.82) is 0 Å². The van der Waals surface area contributed by atoms with Gasteiger partial charge in [-0.1, -0.05) is 42.0 Å². The fourth-order valence-electron chi connectivity index (χ4n) is 2.49. The summed E-state index contributed by atoms with van der Waals surface area (Å²) < 4.78 is 10.3. The van der Waals surface area contributed by atoms with Crippen molar-refractivity contribution in [1.82, 2.24) is 4.90 Å². The van der Waals surface area contributed by atoms with Crippen LogP contribution in [-0.4, -0.2) is 35.7 Å². The van der Waals surface area contributed by atoms with Gasteiger partial charge in [-0.3, -0.25) is 19.3 Å². The third-order valence-corrected chi connectivity index (χ3v) is 5.00. The van der Waals surface area contributed by atoms with E-state index in [1.165, 1.54) is 12.7 Å². The topological polar surface area (TPSA) is 72.9 Å². The molecule has 0 radical (unpaired) electrons. The normalized spacial score (nSPS) is 15.2. The Morgan fingerprint density at radius 1 is 1.07 bits per heavy atom. The number of aryl methyl sites for hydroxylation is 1. The highest BCUT2D eigenvalue weighted by atomic mass is 32.2. The largest absolute Gasteiger partial charge is 0.489 e. The summed E-state index contributed by atoms with van der Waals surface area (Å²) in [6.07, 6.45) is 1.62. The third kappa shape index (κ3) is 4.80. The van der Waals surface area contributed by atoms with Crippen LogP contribution in [0.15, 0.2) is 53.4 Å². The molecule has 0 bridgehead atoms. The number of ether oxygens (including phenoxy) is 2. The molecule has 2 aromatic rings. The van der Waals surface area contributed by atoms with Crippen LogP contribution in [0.5, 0.6) is 5.75 Å². The van der Waals surface area contributed by atoms with Gasteiger partial charge in [0.15, 0.2) is 0 Å². The zero-order chi connectivity index (χ0) is 20.1. The first-order valence-electron chi connectivity index (χ1n) is 8.57. The van der Waals surface area contributed by atoms with Gasteiger partial charge in [-0.05, 0) is 48.0 Å². The summed E-state index contributed by atoms with van der Waals surface area (Å²) in [6, 6.07) is 15.3. The van der Waals surface area contributed by atoms with Gasteiger partial charge in [0.25, 0.3) is 11.1 Å². The summed E-state index contributed by atoms with van der Waals surface area (Å²) in [4.78, 5) is 36.7. The number of esters is 1. The predicted molar refractivity (Wildman–Crippen MR) is 107 cm³/mol. The first-order chi connectivity index (χ1) is 13.5. The van der Waals surface area contributed by atoms with E-state index in [4.69, 9.17) is 4.74 Å². The number of benzene rings is 2. The van der Waals surface area contributed by atoms with E-state index >= 15 is 0 Å². The number of methoxy groups -OCH3 is 1. The molecule has 0 aliphatic carbocycles. The quantitative estimate of drug-likeness (QED) is 0.546. The summed E-state index contributed by atoms with van der Waals surface area (Å²) in [5.41, 5.74) is 3.03. The van der Waals surface area contributed by atoms with Crippen molar-refractivity contribution in [3.05, 3.63) is 70.1 Å². The molecule has 0 saturated carbocycles. The number of hydrogen-bond acceptors (Lipinski definition) is 6. The lowest BCUT2D eigenvalue weighted by Crippen LogP contribution is -2.34. The first kappa shape index (κ1) is 19.7. The molecule has 1 heterocycles. The Morgan fingerprint density at radius 3 is 2.39 bits per heavy atom. The average Bonchev–Trinajstić information content (AvgIpc) is 2.96. The minimum atomic E-state index is -0.640. The molecule has 0 aromatic heterocycles. The van der Waals surface area contributed by atoms with Crippen LogP contribution < -0.4 is 4.74 Å². The Bertz CT molecular complexity index is 919. The average molecular weight is 397 g/mol. The number of rotatable bonds is 6. The molecule has 3 rings (SSSR count). The molecule has 28 heavy (non-hydrogen) atoms. The second-order valence-corrected chi connectivity index (χ2v) is 7.18. The molecule has 7 heteroatoms. The van der Waals surface area contributed by atoms with Crippen molar-refractivity contribution < 1.29 is 23.9 Å². The van der Waals surface area contributed by atoms with Gasteiger partial charge >= 0.3 is 5.97 Å². The summed E-state index contributed by atoms with van der Waals surface area (Å²) in [5.74, 6) is -0.435. The highest BCUT2D eigenvalue weighted by Gasteiger charge is 2.36. The van der Waals surface area contributed by atoms with Gasteiger partial charge in [-0.15, -0.1) is 0 Å². The van der Waals surface area contributed by atoms with E-state index in [1.54, 1.807) is 30.3 Å². The molecule has 144 valence electrons. The van der Waals surface area contributed by atoms with E-state index in [-0.39, 0.29) is 11.4 Å². The molecule has 1 saturated heterocycles. The van der Waals surface area contributed by atoms with Gasteiger partial charge < -0.3 is 9.47 Å². The number of carbonyl (C=O) groups excluding carboxylic acids is 3. The van der Waals surface area contributed by atoms with Crippen LogP contribution in [0.4, 0.5) is 4.79 Å². The van der Waals surface area contributed by atoms with Crippen LogP contribution in [-0.2, 0) is 20.9 Å². The van der Waals surface area contributed by atoms with Crippen LogP contribution in [0.1, 0.15) is 16.7 Å². The van der Waals surface area contributed by atoms with E-state index in [0.717, 1.165) is 27.8 Å². The Labute approximate surface area is 167 Å². The van der Waals surface area contributed by atoms with E-state index in [0.29, 0.717) is 12.4 Å². The van der Waals surface area contributed by atoms with Crippen LogP contribution >= 0.6 is 11.8 Å². The van der Waals surface area contributed by atoms with Crippen molar-refractivity contribution in [3.8, 4) is 5.75 Å². The molecule has 6 nitrogen and oxygen atoms in total. The Kier molecular flexibility index (Phi) is 6.16. The lowest BCUT2D eigenvalue weighted by molar-refractivity contribution is -0.143. The molecule has 0 spiro atoms. The fourth-order valence-corrected chi connectivity index (χ4v) is 3.33. The lowest BCUT2D eigenvalue weighted by Gasteiger charge is -2.09. The molecule has 1 fully saturated rings. The van der Waals surface area contributed by atoms with E-state index < -0.39 is 17.1 Å². The molecular formula is C21H19NO5S. The van der Waals surface area contributed by atoms with Crippen LogP contribution in [0.25, 0.3) is 6.08 Å². The SMILES string of the molecule is COC(=O)CN1C(=O)S/C(=C/c2ccc(OCc3ccc(C)cc3)cc2)C1=O. The number of amides is 2. The first-order valence-corrected chi connectivity index (χ1v) is 9.38. The number of thioether (sulfide) groups is 1. The van der Waals surface area contributed by atoms with E-state index in [9.17, 15) is 14.4 Å². The molecule has 0 unspecified atom stereocenters. The standard InChI is InChI=1S/C21H19NO5S/c1-14-3-5-16(6-4-14)13-27-17-9-7-15(8-10-17)11-18-20(24)22(21(25)28-18)12-19(23)26-2/h3-11H,12-13H2,1-2H3/b18-11+. The minimum absolute atomic E-state index is 0.266. The van der Waals surface area contributed by atoms with Crippen molar-refractivity contribution >= 4 is 35.0 Å². The molecule has 2 amide bonds. The summed E-state index contributed by atoms with van der Waals surface area (Å²) in [6.45, 7) is 2.11. The summed E-state index contributed by atoms with van der Waals surface area (Å²) >= 11 is 0.801. The second kappa shape index (κ2) is 8.75. The molecule has 0 N–H and O–H groups in total. The van der Waals surface area contributed by atoms with Gasteiger partial charge in [-0.25, -0.2) is 0 Å². The fraction of sp³-hybridized carbons (Fsp3) is 0.190. The summed E-state index contributed by atoms with van der Waals surface area (Å²) in [7, 11) is 1.21. The van der Waals surface area contributed by atoms with Crippen molar-refractivity contribution in [3.63, 3.8) is 0 Å². The van der Waals surface area contributed by atoms with E-state index in [1.807, 2.05) is 31.2 Å². The maximum absolute atomic E-state index is 12.3. The van der Waals surface area contributed by atoms with Gasteiger partial charge in [0.05, 0.1) is 12.0 Å². The second-order valence-electron chi connectivity index (χ2n) is 6.19. The maximum Gasteiger partial charge on any atom is 0.325 e. The molecule has 2 aromatic carbocycles. The number of nitrogens with zero attached hydrogens (tertiary/aromatic N) is 1. The monoisotopic (exact) mass is 397 g/mol. The van der Waals surface area contributed by atoms with Crippen LogP contribution in [0, 0.1) is 6.92 Å². The van der Waals surface area contributed by atoms with E-state index in [2.05, 4.69) is 4.74 Å². The number of hydrogen-bond donors (Lipinski definition) is 0. The smallest absolute Gasteiger partial charge is 0.325 e. The third-order valence-electron chi connectivity index (χ3n) is 4.09. The highest BCUT2D eigenvalue weighted by molar-refractivity contribution is 8.18. The minimum Gasteiger partial charge on any atom is -0.489 e. The van der Waals surface area contributed by atoms with Gasteiger partial charge in [0.1, 0.15) is 18.9 Å². The lowest BCUT2D eigenvalue weighted by atomic mass is 10.1. The van der Waals surface area contributed by atoms with Crippen LogP contribution in [0.2, 0.25) is 0 Å². The summed E-state index contributed by atoms with van der Waals surface area (Å²) in [5, 5.41) is -0.486. The Hall–Kier alpha value is -3.06. The van der Waals surface area contributed by atoms with Crippen molar-refractivity contribution in [2.75, 3.05) is 13.7 Å². The van der Waals surface area contributed by atoms with Crippen LogP contribution in [0.3, 0.4) is 0 Å². The molecule has 1 aliphatic heterocycles.